The van der Waals surface area contributed by atoms with Crippen LogP contribution in [0.2, 0.25) is 0 Å². The SMILES string of the molecule is Cc1ccc(NC(=O)C(C)NC(C)c2ccccc2)cc1. The van der Waals surface area contributed by atoms with E-state index in [9.17, 15) is 4.79 Å². The van der Waals surface area contributed by atoms with Crippen molar-refractivity contribution in [1.82, 2.24) is 5.32 Å². The lowest BCUT2D eigenvalue weighted by atomic mass is 10.1. The lowest BCUT2D eigenvalue weighted by molar-refractivity contribution is -0.117. The Morgan fingerprint density at radius 3 is 2.19 bits per heavy atom. The van der Waals surface area contributed by atoms with Gasteiger partial charge < -0.3 is 5.32 Å². The van der Waals surface area contributed by atoms with Crippen LogP contribution in [0.15, 0.2) is 54.6 Å². The number of anilines is 1. The molecule has 3 heteroatoms. The predicted molar refractivity (Wildman–Crippen MR) is 87.3 cm³/mol. The quantitative estimate of drug-likeness (QED) is 0.878. The molecule has 3 nitrogen and oxygen atoms in total. The Kier molecular flexibility index (Phi) is 5.12. The maximum Gasteiger partial charge on any atom is 0.241 e. The number of hydrogen-bond donors (Lipinski definition) is 2. The molecule has 0 saturated carbocycles. The summed E-state index contributed by atoms with van der Waals surface area (Å²) in [5, 5.41) is 6.24. The van der Waals surface area contributed by atoms with Crippen molar-refractivity contribution in [3.63, 3.8) is 0 Å². The molecule has 110 valence electrons. The number of carbonyl (C=O) groups is 1. The van der Waals surface area contributed by atoms with Crippen LogP contribution in [0, 0.1) is 6.92 Å². The lowest BCUT2D eigenvalue weighted by Gasteiger charge is -2.20. The highest BCUT2D eigenvalue weighted by Gasteiger charge is 2.16. The molecule has 2 aromatic carbocycles. The van der Waals surface area contributed by atoms with E-state index in [0.717, 1.165) is 5.69 Å². The van der Waals surface area contributed by atoms with E-state index in [4.69, 9.17) is 0 Å². The first-order valence-corrected chi connectivity index (χ1v) is 7.25. The van der Waals surface area contributed by atoms with Crippen LogP contribution in [0.3, 0.4) is 0 Å². The first-order valence-electron chi connectivity index (χ1n) is 7.25. The smallest absolute Gasteiger partial charge is 0.241 e. The molecule has 2 unspecified atom stereocenters. The summed E-state index contributed by atoms with van der Waals surface area (Å²) in [7, 11) is 0. The zero-order valence-corrected chi connectivity index (χ0v) is 12.8. The number of rotatable bonds is 5. The maximum atomic E-state index is 12.2. The topological polar surface area (TPSA) is 41.1 Å². The zero-order valence-electron chi connectivity index (χ0n) is 12.8. The van der Waals surface area contributed by atoms with Gasteiger partial charge in [-0.3, -0.25) is 10.1 Å². The van der Waals surface area contributed by atoms with Gasteiger partial charge in [0.05, 0.1) is 6.04 Å². The van der Waals surface area contributed by atoms with Crippen molar-refractivity contribution in [2.75, 3.05) is 5.32 Å². The van der Waals surface area contributed by atoms with Crippen LogP contribution >= 0.6 is 0 Å². The molecule has 2 rings (SSSR count). The zero-order chi connectivity index (χ0) is 15.2. The monoisotopic (exact) mass is 282 g/mol. The van der Waals surface area contributed by atoms with Gasteiger partial charge in [-0.1, -0.05) is 48.0 Å². The molecule has 1 amide bonds. The molecule has 0 bridgehead atoms. The van der Waals surface area contributed by atoms with E-state index in [2.05, 4.69) is 29.7 Å². The minimum atomic E-state index is -0.262. The number of carbonyl (C=O) groups excluding carboxylic acids is 1. The third-order valence-corrected chi connectivity index (χ3v) is 3.51. The Morgan fingerprint density at radius 1 is 0.952 bits per heavy atom. The lowest BCUT2D eigenvalue weighted by Crippen LogP contribution is -2.39. The molecule has 2 atom stereocenters. The maximum absolute atomic E-state index is 12.2. The molecule has 0 spiro atoms. The molecule has 2 N–H and O–H groups in total. The summed E-state index contributed by atoms with van der Waals surface area (Å²) >= 11 is 0. The second kappa shape index (κ2) is 7.04. The van der Waals surface area contributed by atoms with Gasteiger partial charge in [0.25, 0.3) is 0 Å². The Labute approximate surface area is 126 Å². The van der Waals surface area contributed by atoms with Gasteiger partial charge in [0.15, 0.2) is 0 Å². The van der Waals surface area contributed by atoms with Crippen LogP contribution in [0.4, 0.5) is 5.69 Å². The fourth-order valence-corrected chi connectivity index (χ4v) is 2.18. The summed E-state index contributed by atoms with van der Waals surface area (Å²) in [4.78, 5) is 12.2. The molecule has 2 aromatic rings. The standard InChI is InChI=1S/C18H22N2O/c1-13-9-11-17(12-10-13)20-18(21)15(3)19-14(2)16-7-5-4-6-8-16/h4-12,14-15,19H,1-3H3,(H,20,21). The summed E-state index contributed by atoms with van der Waals surface area (Å²) in [5.74, 6) is -0.0263. The second-order valence-electron chi connectivity index (χ2n) is 5.38. The molecule has 21 heavy (non-hydrogen) atoms. The van der Waals surface area contributed by atoms with Gasteiger partial charge >= 0.3 is 0 Å². The van der Waals surface area contributed by atoms with Crippen molar-refractivity contribution >= 4 is 11.6 Å². The number of amides is 1. The minimum Gasteiger partial charge on any atom is -0.325 e. The number of nitrogens with one attached hydrogen (secondary N) is 2. The number of aryl methyl sites for hydroxylation is 1. The summed E-state index contributed by atoms with van der Waals surface area (Å²) in [6, 6.07) is 17.8. The Balaban J connectivity index is 1.92. The molecule has 0 fully saturated rings. The molecule has 0 radical (unpaired) electrons. The van der Waals surface area contributed by atoms with Gasteiger partial charge in [-0.25, -0.2) is 0 Å². The van der Waals surface area contributed by atoms with Crippen LogP contribution in [0.1, 0.15) is 31.0 Å². The van der Waals surface area contributed by atoms with E-state index in [1.165, 1.54) is 11.1 Å². The van der Waals surface area contributed by atoms with Crippen LogP contribution in [0.5, 0.6) is 0 Å². The highest BCUT2D eigenvalue weighted by atomic mass is 16.2. The van der Waals surface area contributed by atoms with E-state index in [1.54, 1.807) is 0 Å². The van der Waals surface area contributed by atoms with E-state index in [0.29, 0.717) is 0 Å². The molecular weight excluding hydrogens is 260 g/mol. The van der Waals surface area contributed by atoms with Crippen molar-refractivity contribution < 1.29 is 4.79 Å². The van der Waals surface area contributed by atoms with Crippen LogP contribution in [0.25, 0.3) is 0 Å². The van der Waals surface area contributed by atoms with Crippen molar-refractivity contribution in [1.29, 1.82) is 0 Å². The third-order valence-electron chi connectivity index (χ3n) is 3.51. The van der Waals surface area contributed by atoms with E-state index >= 15 is 0 Å². The van der Waals surface area contributed by atoms with Gasteiger partial charge in [0.1, 0.15) is 0 Å². The average molecular weight is 282 g/mol. The Morgan fingerprint density at radius 2 is 1.57 bits per heavy atom. The average Bonchev–Trinajstić information content (AvgIpc) is 2.50. The normalized spacial score (nSPS) is 13.5. The summed E-state index contributed by atoms with van der Waals surface area (Å²) in [6.07, 6.45) is 0. The van der Waals surface area contributed by atoms with E-state index < -0.39 is 0 Å². The molecule has 0 aliphatic heterocycles. The first-order chi connectivity index (χ1) is 10.1. The summed E-state index contributed by atoms with van der Waals surface area (Å²) < 4.78 is 0. The Hall–Kier alpha value is -2.13. The van der Waals surface area contributed by atoms with Crippen molar-refractivity contribution in [3.8, 4) is 0 Å². The first kappa shape index (κ1) is 15.3. The van der Waals surface area contributed by atoms with Crippen LogP contribution in [-0.4, -0.2) is 11.9 Å². The summed E-state index contributed by atoms with van der Waals surface area (Å²) in [6.45, 7) is 5.96. The molecule has 0 aromatic heterocycles. The van der Waals surface area contributed by atoms with Crippen molar-refractivity contribution in [2.24, 2.45) is 0 Å². The molecule has 0 aliphatic rings. The van der Waals surface area contributed by atoms with Gasteiger partial charge in [0, 0.05) is 11.7 Å². The minimum absolute atomic E-state index is 0.0263. The predicted octanol–water partition coefficient (Wildman–Crippen LogP) is 3.67. The molecule has 0 aliphatic carbocycles. The largest absolute Gasteiger partial charge is 0.325 e. The van der Waals surface area contributed by atoms with Gasteiger partial charge in [-0.15, -0.1) is 0 Å². The fourth-order valence-electron chi connectivity index (χ4n) is 2.18. The van der Waals surface area contributed by atoms with Gasteiger partial charge in [-0.2, -0.15) is 0 Å². The molecule has 0 heterocycles. The van der Waals surface area contributed by atoms with E-state index in [-0.39, 0.29) is 18.0 Å². The number of benzene rings is 2. The van der Waals surface area contributed by atoms with Crippen molar-refractivity contribution in [3.05, 3.63) is 65.7 Å². The fraction of sp³-hybridized carbons (Fsp3) is 0.278. The third kappa shape index (κ3) is 4.43. The molecular formula is C18H22N2O. The van der Waals surface area contributed by atoms with Crippen LogP contribution < -0.4 is 10.6 Å². The molecule has 0 saturated heterocycles. The Bertz CT molecular complexity index is 578. The highest BCUT2D eigenvalue weighted by Crippen LogP contribution is 2.13. The van der Waals surface area contributed by atoms with Gasteiger partial charge in [-0.05, 0) is 38.5 Å². The second-order valence-corrected chi connectivity index (χ2v) is 5.38. The number of hydrogen-bond acceptors (Lipinski definition) is 2. The van der Waals surface area contributed by atoms with Crippen LogP contribution in [-0.2, 0) is 4.79 Å². The van der Waals surface area contributed by atoms with Crippen molar-refractivity contribution in [2.45, 2.75) is 32.9 Å². The van der Waals surface area contributed by atoms with Gasteiger partial charge in [0.2, 0.25) is 5.91 Å². The van der Waals surface area contributed by atoms with E-state index in [1.807, 2.05) is 56.3 Å². The highest BCUT2D eigenvalue weighted by molar-refractivity contribution is 5.94. The summed E-state index contributed by atoms with van der Waals surface area (Å²) in [5.41, 5.74) is 3.18.